The molecule has 0 saturated carbocycles. The number of hydrogen-bond donors (Lipinski definition) is 0. The zero-order valence-electron chi connectivity index (χ0n) is 16.1. The summed E-state index contributed by atoms with van der Waals surface area (Å²) in [5, 5.41) is 4.09. The molecule has 0 amide bonds. The number of ether oxygens (including phenoxy) is 1. The van der Waals surface area contributed by atoms with E-state index in [0.717, 1.165) is 25.8 Å². The normalized spacial score (nSPS) is 21.9. The molecular formula is C19H29N5O2. The van der Waals surface area contributed by atoms with Gasteiger partial charge in [-0.3, -0.25) is 4.90 Å². The molecule has 0 aromatic carbocycles. The van der Waals surface area contributed by atoms with Crippen LogP contribution in [-0.2, 0) is 31.2 Å². The summed E-state index contributed by atoms with van der Waals surface area (Å²) in [5.74, 6) is 2.50. The van der Waals surface area contributed by atoms with Crippen LogP contribution in [0.3, 0.4) is 0 Å². The van der Waals surface area contributed by atoms with Crippen LogP contribution in [0.25, 0.3) is 0 Å². The van der Waals surface area contributed by atoms with Gasteiger partial charge in [-0.1, -0.05) is 5.16 Å². The summed E-state index contributed by atoms with van der Waals surface area (Å²) in [6.45, 7) is 6.28. The first-order chi connectivity index (χ1) is 12.7. The summed E-state index contributed by atoms with van der Waals surface area (Å²) in [7, 11) is 2.18. The highest BCUT2D eigenvalue weighted by atomic mass is 16.5. The molecule has 0 unspecified atom stereocenters. The number of hydrogen-bond acceptors (Lipinski definition) is 6. The lowest BCUT2D eigenvalue weighted by Gasteiger charge is -2.22. The van der Waals surface area contributed by atoms with E-state index in [4.69, 9.17) is 14.2 Å². The number of nitrogens with zero attached hydrogens (tertiary/aromatic N) is 5. The van der Waals surface area contributed by atoms with Crippen LogP contribution in [0.4, 0.5) is 0 Å². The van der Waals surface area contributed by atoms with Gasteiger partial charge in [-0.2, -0.15) is 4.98 Å². The van der Waals surface area contributed by atoms with Crippen molar-refractivity contribution in [2.24, 2.45) is 7.05 Å². The van der Waals surface area contributed by atoms with Gasteiger partial charge in [-0.25, -0.2) is 4.98 Å². The number of fused-ring (bicyclic) bond motifs is 1. The maximum absolute atomic E-state index is 5.55. The maximum atomic E-state index is 5.55. The number of likely N-dealkylation sites (tertiary alicyclic amines) is 1. The molecule has 0 N–H and O–H groups in total. The van der Waals surface area contributed by atoms with Crippen LogP contribution in [0, 0.1) is 0 Å². The molecule has 1 saturated heterocycles. The molecule has 2 aliphatic rings. The summed E-state index contributed by atoms with van der Waals surface area (Å²) < 4.78 is 13.4. The monoisotopic (exact) mass is 359 g/mol. The van der Waals surface area contributed by atoms with E-state index < -0.39 is 0 Å². The summed E-state index contributed by atoms with van der Waals surface area (Å²) in [6, 6.07) is 0.338. The van der Waals surface area contributed by atoms with Crippen molar-refractivity contribution in [3.05, 3.63) is 28.9 Å². The highest BCUT2D eigenvalue weighted by Crippen LogP contribution is 2.34. The van der Waals surface area contributed by atoms with E-state index in [1.165, 1.54) is 36.5 Å². The van der Waals surface area contributed by atoms with Gasteiger partial charge in [-0.05, 0) is 58.9 Å². The molecule has 2 aromatic heterocycles. The third-order valence-electron chi connectivity index (χ3n) is 5.67. The molecule has 3 heterocycles. The minimum Gasteiger partial charge on any atom is -0.371 e. The first-order valence-corrected chi connectivity index (χ1v) is 9.89. The number of aromatic nitrogens is 4. The highest BCUT2D eigenvalue weighted by Gasteiger charge is 2.32. The quantitative estimate of drug-likeness (QED) is 0.789. The largest absolute Gasteiger partial charge is 0.371 e. The van der Waals surface area contributed by atoms with Crippen LogP contribution < -0.4 is 0 Å². The summed E-state index contributed by atoms with van der Waals surface area (Å²) in [6.07, 6.45) is 7.02. The van der Waals surface area contributed by atoms with E-state index in [-0.39, 0.29) is 6.10 Å². The Morgan fingerprint density at radius 3 is 2.88 bits per heavy atom. The Balaban J connectivity index is 1.50. The molecule has 1 aliphatic heterocycles. The van der Waals surface area contributed by atoms with Crippen LogP contribution >= 0.6 is 0 Å². The fraction of sp³-hybridized carbons (Fsp3) is 0.737. The zero-order chi connectivity index (χ0) is 18.1. The van der Waals surface area contributed by atoms with Gasteiger partial charge >= 0.3 is 0 Å². The molecule has 0 radical (unpaired) electrons. The van der Waals surface area contributed by atoms with E-state index in [2.05, 4.69) is 26.7 Å². The van der Waals surface area contributed by atoms with Gasteiger partial charge in [0.25, 0.3) is 0 Å². The summed E-state index contributed by atoms with van der Waals surface area (Å²) in [4.78, 5) is 12.0. The van der Waals surface area contributed by atoms with Crippen molar-refractivity contribution in [1.29, 1.82) is 0 Å². The lowest BCUT2D eigenvalue weighted by molar-refractivity contribution is 0.0683. The van der Waals surface area contributed by atoms with Crippen molar-refractivity contribution in [3.8, 4) is 0 Å². The van der Waals surface area contributed by atoms with Gasteiger partial charge in [0.15, 0.2) is 5.82 Å². The Labute approximate surface area is 154 Å². The lowest BCUT2D eigenvalue weighted by atomic mass is 10.0. The first-order valence-electron chi connectivity index (χ1n) is 9.89. The fourth-order valence-electron chi connectivity index (χ4n) is 4.31. The average Bonchev–Trinajstić information content (AvgIpc) is 3.36. The number of rotatable bonds is 6. The van der Waals surface area contributed by atoms with E-state index in [1.807, 2.05) is 13.8 Å². The van der Waals surface area contributed by atoms with Gasteiger partial charge in [0.05, 0.1) is 18.3 Å². The third kappa shape index (κ3) is 3.30. The Kier molecular flexibility index (Phi) is 5.09. The van der Waals surface area contributed by atoms with Gasteiger partial charge in [-0.15, -0.1) is 0 Å². The molecule has 0 bridgehead atoms. The van der Waals surface area contributed by atoms with Crippen molar-refractivity contribution in [2.75, 3.05) is 13.2 Å². The second kappa shape index (κ2) is 7.48. The average molecular weight is 359 g/mol. The van der Waals surface area contributed by atoms with Crippen LogP contribution in [0.1, 0.15) is 80.6 Å². The molecule has 7 heteroatoms. The van der Waals surface area contributed by atoms with E-state index >= 15 is 0 Å². The number of aryl methyl sites for hydroxylation is 1. The molecule has 26 heavy (non-hydrogen) atoms. The van der Waals surface area contributed by atoms with Gasteiger partial charge in [0, 0.05) is 19.3 Å². The second-order valence-electron chi connectivity index (χ2n) is 7.40. The topological polar surface area (TPSA) is 69.2 Å². The van der Waals surface area contributed by atoms with Crippen molar-refractivity contribution in [1.82, 2.24) is 24.6 Å². The Morgan fingerprint density at radius 2 is 2.08 bits per heavy atom. The maximum Gasteiger partial charge on any atom is 0.240 e. The minimum atomic E-state index is -0.131. The Bertz CT molecular complexity index is 753. The molecule has 7 nitrogen and oxygen atoms in total. The first kappa shape index (κ1) is 17.7. The van der Waals surface area contributed by atoms with Crippen LogP contribution in [0.15, 0.2) is 4.52 Å². The number of imidazole rings is 1. The predicted molar refractivity (Wildman–Crippen MR) is 96.6 cm³/mol. The summed E-state index contributed by atoms with van der Waals surface area (Å²) in [5.41, 5.74) is 2.75. The van der Waals surface area contributed by atoms with Gasteiger partial charge < -0.3 is 13.8 Å². The molecule has 4 rings (SSSR count). The molecule has 1 fully saturated rings. The van der Waals surface area contributed by atoms with Crippen molar-refractivity contribution in [3.63, 3.8) is 0 Å². The summed E-state index contributed by atoms with van der Waals surface area (Å²) >= 11 is 0. The highest BCUT2D eigenvalue weighted by molar-refractivity contribution is 5.22. The van der Waals surface area contributed by atoms with Crippen LogP contribution in [-0.4, -0.2) is 37.7 Å². The van der Waals surface area contributed by atoms with Crippen molar-refractivity contribution in [2.45, 2.75) is 71.1 Å². The molecule has 1 aliphatic carbocycles. The molecule has 142 valence electrons. The predicted octanol–water partition coefficient (Wildman–Crippen LogP) is 3.12. The molecule has 0 spiro atoms. The van der Waals surface area contributed by atoms with Crippen LogP contribution in [0.2, 0.25) is 0 Å². The van der Waals surface area contributed by atoms with Crippen molar-refractivity contribution >= 4 is 0 Å². The smallest absolute Gasteiger partial charge is 0.240 e. The minimum absolute atomic E-state index is 0.131. The molecule has 2 aromatic rings. The van der Waals surface area contributed by atoms with E-state index in [1.54, 1.807) is 0 Å². The molecule has 2 atom stereocenters. The van der Waals surface area contributed by atoms with E-state index in [0.29, 0.717) is 30.9 Å². The SMILES string of the molecule is CCO[C@H](C)c1noc(CN2CCC[C@H]2c2nc3c(n2C)CCCC3)n1. The van der Waals surface area contributed by atoms with Crippen LogP contribution in [0.5, 0.6) is 0 Å². The second-order valence-corrected chi connectivity index (χ2v) is 7.40. The van der Waals surface area contributed by atoms with Gasteiger partial charge in [0.1, 0.15) is 11.9 Å². The third-order valence-corrected chi connectivity index (χ3v) is 5.67. The van der Waals surface area contributed by atoms with Crippen molar-refractivity contribution < 1.29 is 9.26 Å². The standard InChI is InChI=1S/C19H29N5O2/c1-4-25-13(2)18-21-17(26-22-18)12-24-11-7-10-16(24)19-20-14-8-5-6-9-15(14)23(19)3/h13,16H,4-12H2,1-3H3/t13-,16+/m1/s1. The Morgan fingerprint density at radius 1 is 1.23 bits per heavy atom. The van der Waals surface area contributed by atoms with Gasteiger partial charge in [0.2, 0.25) is 5.89 Å². The zero-order valence-corrected chi connectivity index (χ0v) is 16.1. The Hall–Kier alpha value is -1.73. The molecular weight excluding hydrogens is 330 g/mol. The lowest BCUT2D eigenvalue weighted by Crippen LogP contribution is -2.25. The van der Waals surface area contributed by atoms with E-state index in [9.17, 15) is 0 Å². The fourth-order valence-corrected chi connectivity index (χ4v) is 4.31.